The van der Waals surface area contributed by atoms with E-state index in [2.05, 4.69) is 10.6 Å². The van der Waals surface area contributed by atoms with E-state index in [1.807, 2.05) is 0 Å². The molecule has 1 aliphatic rings. The van der Waals surface area contributed by atoms with Gasteiger partial charge in [0.05, 0.1) is 6.61 Å². The van der Waals surface area contributed by atoms with Gasteiger partial charge in [0.2, 0.25) is 0 Å². The van der Waals surface area contributed by atoms with Crippen molar-refractivity contribution in [1.82, 2.24) is 10.6 Å². The summed E-state index contributed by atoms with van der Waals surface area (Å²) >= 11 is 4.92. The van der Waals surface area contributed by atoms with Gasteiger partial charge in [0.1, 0.15) is 24.4 Å². The van der Waals surface area contributed by atoms with Crippen LogP contribution in [0, 0.1) is 0 Å². The van der Waals surface area contributed by atoms with Gasteiger partial charge in [0, 0.05) is 13.1 Å². The number of nitrogens with two attached hydrogens (primary N) is 1. The summed E-state index contributed by atoms with van der Waals surface area (Å²) in [7, 11) is 0. The molecule has 9 heteroatoms. The van der Waals surface area contributed by atoms with Gasteiger partial charge in [0.15, 0.2) is 11.3 Å². The number of aliphatic hydroxyl groups is 4. The summed E-state index contributed by atoms with van der Waals surface area (Å²) in [4.78, 5) is 0. The molecule has 0 aliphatic carbocycles. The number of aliphatic hydroxyl groups excluding tert-OH is 4. The Labute approximate surface area is 110 Å². The van der Waals surface area contributed by atoms with Crippen molar-refractivity contribution < 1.29 is 25.2 Å². The molecule has 0 aromatic carbocycles. The number of ether oxygens (including phenoxy) is 1. The lowest BCUT2D eigenvalue weighted by atomic mass is 9.98. The van der Waals surface area contributed by atoms with E-state index in [0.717, 1.165) is 0 Å². The summed E-state index contributed by atoms with van der Waals surface area (Å²) in [5, 5.41) is 43.4. The van der Waals surface area contributed by atoms with E-state index in [9.17, 15) is 15.3 Å². The third-order valence-electron chi connectivity index (χ3n) is 2.60. The first-order valence-electron chi connectivity index (χ1n) is 5.56. The lowest BCUT2D eigenvalue weighted by Crippen LogP contribution is -2.64. The fraction of sp³-hybridized carbons (Fsp3) is 0.889. The molecule has 8 nitrogen and oxygen atoms in total. The average Bonchev–Trinajstić information content (AvgIpc) is 2.37. The minimum Gasteiger partial charge on any atom is -0.394 e. The van der Waals surface area contributed by atoms with E-state index in [1.165, 1.54) is 0 Å². The second kappa shape index (κ2) is 7.14. The molecule has 1 saturated heterocycles. The molecule has 0 aromatic rings. The van der Waals surface area contributed by atoms with Gasteiger partial charge in [-0.15, -0.1) is 0 Å². The monoisotopic (exact) mass is 281 g/mol. The molecule has 0 saturated carbocycles. The fourth-order valence-electron chi connectivity index (χ4n) is 1.59. The zero-order valence-electron chi connectivity index (χ0n) is 9.69. The van der Waals surface area contributed by atoms with Crippen molar-refractivity contribution in [3.63, 3.8) is 0 Å². The van der Waals surface area contributed by atoms with Crippen LogP contribution < -0.4 is 16.4 Å². The van der Waals surface area contributed by atoms with E-state index in [1.54, 1.807) is 0 Å². The van der Waals surface area contributed by atoms with Crippen molar-refractivity contribution in [3.8, 4) is 0 Å². The van der Waals surface area contributed by atoms with E-state index >= 15 is 0 Å². The first-order valence-corrected chi connectivity index (χ1v) is 5.97. The van der Waals surface area contributed by atoms with Crippen LogP contribution in [0.5, 0.6) is 0 Å². The number of rotatable bonds is 4. The zero-order valence-corrected chi connectivity index (χ0v) is 10.5. The Bertz CT molecular complexity index is 281. The Balaban J connectivity index is 2.56. The highest BCUT2D eigenvalue weighted by atomic mass is 32.1. The van der Waals surface area contributed by atoms with Crippen LogP contribution >= 0.6 is 12.2 Å². The van der Waals surface area contributed by atoms with Crippen molar-refractivity contribution in [2.45, 2.75) is 30.6 Å². The Morgan fingerprint density at radius 2 is 1.89 bits per heavy atom. The Hall–Kier alpha value is -0.550. The van der Waals surface area contributed by atoms with Crippen LogP contribution in [-0.2, 0) is 4.74 Å². The summed E-state index contributed by atoms with van der Waals surface area (Å²) in [5.74, 6) is 0. The zero-order chi connectivity index (χ0) is 13.7. The minimum absolute atomic E-state index is 0.199. The molecule has 1 heterocycles. The number of hydrogen-bond acceptors (Lipinski definition) is 7. The standard InChI is InChI=1S/C9H19N3O5S/c10-1-2-11-9(18)12-8-7(16)6(15)5(14)4(3-13)17-8/h4-8,13-16H,1-3,10H2,(H2,11,12,18)/t4-,5-,6+,7+,8+/m1/s1. The normalized spacial score (nSPS) is 36.2. The first kappa shape index (κ1) is 15.5. The van der Waals surface area contributed by atoms with E-state index < -0.39 is 37.3 Å². The third kappa shape index (κ3) is 3.72. The molecule has 1 rings (SSSR count). The van der Waals surface area contributed by atoms with Crippen molar-refractivity contribution >= 4 is 17.3 Å². The Morgan fingerprint density at radius 1 is 1.22 bits per heavy atom. The van der Waals surface area contributed by atoms with Gasteiger partial charge in [-0.1, -0.05) is 0 Å². The van der Waals surface area contributed by atoms with Gasteiger partial charge in [0.25, 0.3) is 0 Å². The smallest absolute Gasteiger partial charge is 0.168 e. The molecule has 1 fully saturated rings. The van der Waals surface area contributed by atoms with Gasteiger partial charge in [-0.05, 0) is 12.2 Å². The van der Waals surface area contributed by atoms with E-state index in [-0.39, 0.29) is 5.11 Å². The van der Waals surface area contributed by atoms with Gasteiger partial charge in [-0.3, -0.25) is 0 Å². The summed E-state index contributed by atoms with van der Waals surface area (Å²) in [5.41, 5.74) is 5.28. The first-order chi connectivity index (χ1) is 8.51. The molecule has 18 heavy (non-hydrogen) atoms. The number of hydrogen-bond donors (Lipinski definition) is 7. The molecule has 1 aliphatic heterocycles. The van der Waals surface area contributed by atoms with Crippen molar-refractivity contribution in [1.29, 1.82) is 0 Å². The highest BCUT2D eigenvalue weighted by molar-refractivity contribution is 7.80. The van der Waals surface area contributed by atoms with Crippen LogP contribution in [0.15, 0.2) is 0 Å². The fourth-order valence-corrected chi connectivity index (χ4v) is 1.80. The largest absolute Gasteiger partial charge is 0.394 e. The summed E-state index contributed by atoms with van der Waals surface area (Å²) in [6, 6.07) is 0. The Kier molecular flexibility index (Phi) is 6.15. The van der Waals surface area contributed by atoms with E-state index in [4.69, 9.17) is 27.8 Å². The van der Waals surface area contributed by atoms with Crippen molar-refractivity contribution in [3.05, 3.63) is 0 Å². The maximum atomic E-state index is 9.70. The highest BCUT2D eigenvalue weighted by Gasteiger charge is 2.43. The van der Waals surface area contributed by atoms with Gasteiger partial charge in [-0.2, -0.15) is 0 Å². The van der Waals surface area contributed by atoms with Gasteiger partial charge in [-0.25, -0.2) is 0 Å². The second-order valence-electron chi connectivity index (χ2n) is 3.94. The lowest BCUT2D eigenvalue weighted by molar-refractivity contribution is -0.232. The van der Waals surface area contributed by atoms with Crippen molar-refractivity contribution in [2.24, 2.45) is 5.73 Å². The maximum Gasteiger partial charge on any atom is 0.168 e. The predicted octanol–water partition coefficient (Wildman–Crippen LogP) is -3.79. The summed E-state index contributed by atoms with van der Waals surface area (Å²) in [6.07, 6.45) is -6.14. The molecule has 8 N–H and O–H groups in total. The van der Waals surface area contributed by atoms with Crippen LogP contribution in [-0.4, -0.2) is 75.9 Å². The maximum absolute atomic E-state index is 9.70. The molecular weight excluding hydrogens is 262 g/mol. The highest BCUT2D eigenvalue weighted by Crippen LogP contribution is 2.19. The number of nitrogens with one attached hydrogen (secondary N) is 2. The second-order valence-corrected chi connectivity index (χ2v) is 4.35. The quantitative estimate of drug-likeness (QED) is 0.258. The van der Waals surface area contributed by atoms with Crippen molar-refractivity contribution in [2.75, 3.05) is 19.7 Å². The molecular formula is C9H19N3O5S. The minimum atomic E-state index is -1.43. The molecule has 0 amide bonds. The molecule has 0 aromatic heterocycles. The van der Waals surface area contributed by atoms with Crippen LogP contribution in [0.25, 0.3) is 0 Å². The molecule has 5 atom stereocenters. The van der Waals surface area contributed by atoms with Gasteiger partial charge < -0.3 is 41.5 Å². The van der Waals surface area contributed by atoms with Crippen LogP contribution in [0.3, 0.4) is 0 Å². The number of thiocarbonyl (C=S) groups is 1. The van der Waals surface area contributed by atoms with Crippen LogP contribution in [0.1, 0.15) is 0 Å². The molecule has 0 radical (unpaired) electrons. The summed E-state index contributed by atoms with van der Waals surface area (Å²) < 4.78 is 5.20. The summed E-state index contributed by atoms with van der Waals surface area (Å²) in [6.45, 7) is 0.353. The molecule has 0 bridgehead atoms. The molecule has 106 valence electrons. The van der Waals surface area contributed by atoms with Crippen LogP contribution in [0.2, 0.25) is 0 Å². The molecule has 0 unspecified atom stereocenters. The topological polar surface area (TPSA) is 140 Å². The molecule has 0 spiro atoms. The Morgan fingerprint density at radius 3 is 2.44 bits per heavy atom. The third-order valence-corrected chi connectivity index (χ3v) is 2.86. The van der Waals surface area contributed by atoms with E-state index in [0.29, 0.717) is 13.1 Å². The van der Waals surface area contributed by atoms with Gasteiger partial charge >= 0.3 is 0 Å². The van der Waals surface area contributed by atoms with Crippen LogP contribution in [0.4, 0.5) is 0 Å². The SMILES string of the molecule is NCCNC(=S)N[C@H]1O[C@H](CO)[C@@H](O)[C@H](O)[C@@H]1O. The average molecular weight is 281 g/mol. The lowest BCUT2D eigenvalue weighted by Gasteiger charge is -2.40. The predicted molar refractivity (Wildman–Crippen MR) is 66.6 cm³/mol.